The standard InChI is InChI=1S/C30H48BrN3O4S/c1-7-11-12-16-33(15-10-4)29(38)26-30-18-22(31)25(39-30)23(27(36)32(13-8-2)14-9-3)24(30)28(37)34(26)21(19-35)17-20(5)6/h8,10,20-26,35H,2,4,7,9,11-19H2,1,3,5-6H3/t21-,22?,23-,24+,25-,26?,30?/m1/s1. The Labute approximate surface area is 247 Å². The molecule has 1 spiro atoms. The van der Waals surface area contributed by atoms with Gasteiger partial charge in [-0.2, -0.15) is 0 Å². The maximum Gasteiger partial charge on any atom is 0.247 e. The molecule has 0 aromatic carbocycles. The summed E-state index contributed by atoms with van der Waals surface area (Å²) in [6, 6.07) is -1.20. The van der Waals surface area contributed by atoms with Gasteiger partial charge in [0.25, 0.3) is 0 Å². The molecule has 7 nitrogen and oxygen atoms in total. The van der Waals surface area contributed by atoms with Gasteiger partial charge in [-0.3, -0.25) is 14.4 Å². The molecule has 0 radical (unpaired) electrons. The molecule has 0 aromatic heterocycles. The van der Waals surface area contributed by atoms with Gasteiger partial charge in [-0.25, -0.2) is 0 Å². The highest BCUT2D eigenvalue weighted by atomic mass is 79.9. The summed E-state index contributed by atoms with van der Waals surface area (Å²) in [5.74, 6) is -1.13. The Morgan fingerprint density at radius 2 is 1.77 bits per heavy atom. The zero-order valence-electron chi connectivity index (χ0n) is 24.2. The van der Waals surface area contributed by atoms with Crippen LogP contribution in [0.25, 0.3) is 0 Å². The lowest BCUT2D eigenvalue weighted by Gasteiger charge is -2.40. The van der Waals surface area contributed by atoms with Crippen molar-refractivity contribution in [2.75, 3.05) is 32.8 Å². The minimum Gasteiger partial charge on any atom is -0.394 e. The van der Waals surface area contributed by atoms with Crippen molar-refractivity contribution in [3.05, 3.63) is 25.3 Å². The van der Waals surface area contributed by atoms with Crippen LogP contribution in [-0.2, 0) is 14.4 Å². The van der Waals surface area contributed by atoms with Crippen LogP contribution in [0.2, 0.25) is 0 Å². The number of alkyl halides is 1. The number of aliphatic hydroxyl groups is 1. The van der Waals surface area contributed by atoms with Gasteiger partial charge in [0.2, 0.25) is 17.7 Å². The zero-order valence-corrected chi connectivity index (χ0v) is 26.6. The molecule has 3 saturated heterocycles. The first-order chi connectivity index (χ1) is 18.6. The van der Waals surface area contributed by atoms with Crippen molar-refractivity contribution in [2.24, 2.45) is 17.8 Å². The third-order valence-electron chi connectivity index (χ3n) is 8.44. The number of carbonyl (C=O) groups excluding carboxylic acids is 3. The van der Waals surface area contributed by atoms with Gasteiger partial charge in [0.1, 0.15) is 6.04 Å². The Morgan fingerprint density at radius 1 is 1.13 bits per heavy atom. The van der Waals surface area contributed by atoms with Gasteiger partial charge in [0, 0.05) is 36.3 Å². The number of amides is 3. The highest BCUT2D eigenvalue weighted by Crippen LogP contribution is 2.68. The summed E-state index contributed by atoms with van der Waals surface area (Å²) >= 11 is 5.52. The molecule has 0 saturated carbocycles. The number of likely N-dealkylation sites (tertiary alicyclic amines) is 1. The van der Waals surface area contributed by atoms with E-state index in [1.165, 1.54) is 0 Å². The molecular formula is C30H48BrN3O4S. The number of nitrogens with zero attached hydrogens (tertiary/aromatic N) is 3. The fraction of sp³-hybridized carbons (Fsp3) is 0.767. The number of thioether (sulfide) groups is 1. The van der Waals surface area contributed by atoms with Gasteiger partial charge < -0.3 is 19.8 Å². The van der Waals surface area contributed by atoms with E-state index in [-0.39, 0.29) is 40.3 Å². The molecular weight excluding hydrogens is 578 g/mol. The lowest BCUT2D eigenvalue weighted by atomic mass is 9.70. The first-order valence-electron chi connectivity index (χ1n) is 14.7. The summed E-state index contributed by atoms with van der Waals surface area (Å²) in [6.45, 7) is 17.9. The van der Waals surface area contributed by atoms with E-state index in [1.807, 2.05) is 16.7 Å². The molecule has 0 aromatic rings. The van der Waals surface area contributed by atoms with Crippen molar-refractivity contribution in [3.8, 4) is 0 Å². The maximum atomic E-state index is 14.5. The van der Waals surface area contributed by atoms with E-state index in [1.54, 1.807) is 28.8 Å². The van der Waals surface area contributed by atoms with Crippen LogP contribution >= 0.6 is 27.7 Å². The molecule has 3 fully saturated rings. The van der Waals surface area contributed by atoms with Crippen molar-refractivity contribution >= 4 is 45.4 Å². The topological polar surface area (TPSA) is 81.2 Å². The number of carbonyl (C=O) groups is 3. The predicted molar refractivity (Wildman–Crippen MR) is 163 cm³/mol. The smallest absolute Gasteiger partial charge is 0.247 e. The summed E-state index contributed by atoms with van der Waals surface area (Å²) in [4.78, 5) is 48.4. The van der Waals surface area contributed by atoms with Crippen molar-refractivity contribution in [1.82, 2.24) is 14.7 Å². The van der Waals surface area contributed by atoms with Gasteiger partial charge in [0.05, 0.1) is 29.2 Å². The molecule has 0 aliphatic carbocycles. The van der Waals surface area contributed by atoms with E-state index < -0.39 is 28.7 Å². The van der Waals surface area contributed by atoms with E-state index in [0.29, 0.717) is 39.0 Å². The lowest BCUT2D eigenvalue weighted by molar-refractivity contribution is -0.147. The van der Waals surface area contributed by atoms with E-state index in [0.717, 1.165) is 25.7 Å². The van der Waals surface area contributed by atoms with Crippen LogP contribution in [0.15, 0.2) is 25.3 Å². The van der Waals surface area contributed by atoms with Gasteiger partial charge in [-0.15, -0.1) is 24.9 Å². The zero-order chi connectivity index (χ0) is 28.9. The molecule has 7 atom stereocenters. The quantitative estimate of drug-likeness (QED) is 0.155. The molecule has 3 unspecified atom stereocenters. The molecule has 2 bridgehead atoms. The Morgan fingerprint density at radius 3 is 2.31 bits per heavy atom. The van der Waals surface area contributed by atoms with Crippen LogP contribution in [0, 0.1) is 17.8 Å². The molecule has 39 heavy (non-hydrogen) atoms. The average molecular weight is 627 g/mol. The van der Waals surface area contributed by atoms with Crippen LogP contribution in [0.5, 0.6) is 0 Å². The van der Waals surface area contributed by atoms with Gasteiger partial charge in [0.15, 0.2) is 0 Å². The van der Waals surface area contributed by atoms with Crippen LogP contribution in [0.3, 0.4) is 0 Å². The van der Waals surface area contributed by atoms with Crippen LogP contribution in [-0.4, -0.2) is 97.2 Å². The normalized spacial score (nSPS) is 30.0. The fourth-order valence-corrected chi connectivity index (χ4v) is 10.5. The summed E-state index contributed by atoms with van der Waals surface area (Å²) < 4.78 is -0.714. The first kappa shape index (κ1) is 32.2. The fourth-order valence-electron chi connectivity index (χ4n) is 6.94. The molecule has 9 heteroatoms. The number of hydrogen-bond acceptors (Lipinski definition) is 5. The van der Waals surface area contributed by atoms with E-state index in [4.69, 9.17) is 0 Å². The van der Waals surface area contributed by atoms with Crippen LogP contribution in [0.1, 0.15) is 66.2 Å². The largest absolute Gasteiger partial charge is 0.394 e. The van der Waals surface area contributed by atoms with Gasteiger partial charge in [-0.05, 0) is 31.6 Å². The molecule has 220 valence electrons. The minimum atomic E-state index is -0.723. The second-order valence-corrected chi connectivity index (χ2v) is 14.4. The van der Waals surface area contributed by atoms with Crippen molar-refractivity contribution in [2.45, 2.75) is 93.1 Å². The SMILES string of the molecule is C=CCN(CCCCC)C(=O)C1N([C@@H](CO)CC(C)C)C(=O)[C@@H]2[C@@H](C(=O)N(CC=C)CCC)[C@@H]3SC12CC3Br. The van der Waals surface area contributed by atoms with E-state index >= 15 is 0 Å². The maximum absolute atomic E-state index is 14.5. The van der Waals surface area contributed by atoms with Crippen molar-refractivity contribution in [3.63, 3.8) is 0 Å². The molecule has 3 rings (SSSR count). The van der Waals surface area contributed by atoms with Crippen molar-refractivity contribution in [1.29, 1.82) is 0 Å². The number of unbranched alkanes of at least 4 members (excludes halogenated alkanes) is 2. The average Bonchev–Trinajstić information content (AvgIpc) is 3.49. The third-order valence-corrected chi connectivity index (χ3v) is 11.7. The highest BCUT2D eigenvalue weighted by molar-refractivity contribution is 9.09. The molecule has 3 amide bonds. The van der Waals surface area contributed by atoms with E-state index in [2.05, 4.69) is 49.9 Å². The lowest BCUT2D eigenvalue weighted by Crippen LogP contribution is -2.58. The molecule has 3 heterocycles. The Kier molecular flexibility index (Phi) is 11.6. The third kappa shape index (κ3) is 6.15. The Bertz CT molecular complexity index is 917. The van der Waals surface area contributed by atoms with Gasteiger partial charge in [-0.1, -0.05) is 68.6 Å². The minimum absolute atomic E-state index is 0.0218. The summed E-state index contributed by atoms with van der Waals surface area (Å²) in [6.07, 6.45) is 8.47. The summed E-state index contributed by atoms with van der Waals surface area (Å²) in [5, 5.41) is 10.4. The van der Waals surface area contributed by atoms with Crippen LogP contribution in [0.4, 0.5) is 0 Å². The Balaban J connectivity index is 2.11. The number of aliphatic hydroxyl groups excluding tert-OH is 1. The second kappa shape index (κ2) is 14.0. The van der Waals surface area contributed by atoms with Crippen molar-refractivity contribution < 1.29 is 19.5 Å². The predicted octanol–water partition coefficient (Wildman–Crippen LogP) is 4.49. The number of fused-ring (bicyclic) bond motifs is 1. The summed E-state index contributed by atoms with van der Waals surface area (Å²) in [7, 11) is 0. The highest BCUT2D eigenvalue weighted by Gasteiger charge is 2.76. The monoisotopic (exact) mass is 625 g/mol. The van der Waals surface area contributed by atoms with Crippen LogP contribution < -0.4 is 0 Å². The van der Waals surface area contributed by atoms with Gasteiger partial charge >= 0.3 is 0 Å². The van der Waals surface area contributed by atoms with E-state index in [9.17, 15) is 19.5 Å². The first-order valence-corrected chi connectivity index (χ1v) is 16.5. The molecule has 3 aliphatic rings. The molecule has 1 N–H and O–H groups in total. The number of rotatable bonds is 16. The number of hydrogen-bond donors (Lipinski definition) is 1. The second-order valence-electron chi connectivity index (χ2n) is 11.7. The summed E-state index contributed by atoms with van der Waals surface area (Å²) in [5.41, 5.74) is 0. The molecule has 3 aliphatic heterocycles. The number of halogens is 1. The Hall–Kier alpha value is -1.32.